The Hall–Kier alpha value is -2.33. The topological polar surface area (TPSA) is 52.3 Å². The van der Waals surface area contributed by atoms with Crippen LogP contribution >= 0.6 is 23.2 Å². The fourth-order valence-electron chi connectivity index (χ4n) is 2.76. The Balaban J connectivity index is 1.67. The number of nitrogens with two attached hydrogens (primary N) is 1. The van der Waals surface area contributed by atoms with E-state index in [1.807, 2.05) is 54.6 Å². The van der Waals surface area contributed by atoms with Gasteiger partial charge in [0.05, 0.1) is 11.4 Å². The molecular formula is C22H19Cl2NO2. The third kappa shape index (κ3) is 5.10. The molecule has 3 aromatic carbocycles. The SMILES string of the molecule is NCc1ccc(OC(=O)CCc2cccc(-c3cccc(Cl)c3)c2Cl)cc1. The van der Waals surface area contributed by atoms with Crippen LogP contribution in [0.1, 0.15) is 17.5 Å². The van der Waals surface area contributed by atoms with Gasteiger partial charge in [-0.05, 0) is 47.4 Å². The fraction of sp³-hybridized carbons (Fsp3) is 0.136. The maximum absolute atomic E-state index is 12.1. The molecule has 0 spiro atoms. The number of carbonyl (C=O) groups is 1. The summed E-state index contributed by atoms with van der Waals surface area (Å²) in [6.07, 6.45) is 0.727. The first-order valence-corrected chi connectivity index (χ1v) is 9.35. The highest BCUT2D eigenvalue weighted by Crippen LogP contribution is 2.32. The molecule has 0 fully saturated rings. The molecule has 2 N–H and O–H groups in total. The summed E-state index contributed by atoms with van der Waals surface area (Å²) in [7, 11) is 0. The smallest absolute Gasteiger partial charge is 0.311 e. The van der Waals surface area contributed by atoms with Gasteiger partial charge in [-0.25, -0.2) is 0 Å². The highest BCUT2D eigenvalue weighted by atomic mass is 35.5. The molecule has 27 heavy (non-hydrogen) atoms. The summed E-state index contributed by atoms with van der Waals surface area (Å²) >= 11 is 12.6. The van der Waals surface area contributed by atoms with Crippen molar-refractivity contribution in [1.29, 1.82) is 0 Å². The summed E-state index contributed by atoms with van der Waals surface area (Å²) in [4.78, 5) is 12.1. The number of ether oxygens (including phenoxy) is 1. The van der Waals surface area contributed by atoms with Gasteiger partial charge in [0.2, 0.25) is 0 Å². The van der Waals surface area contributed by atoms with Gasteiger partial charge in [0.15, 0.2) is 0 Å². The van der Waals surface area contributed by atoms with Gasteiger partial charge in [0.1, 0.15) is 5.75 Å². The highest BCUT2D eigenvalue weighted by molar-refractivity contribution is 6.34. The molecule has 0 unspecified atom stereocenters. The average molecular weight is 400 g/mol. The zero-order chi connectivity index (χ0) is 19.2. The Labute approximate surface area is 168 Å². The molecule has 0 heterocycles. The van der Waals surface area contributed by atoms with E-state index in [0.29, 0.717) is 28.8 Å². The molecule has 0 aromatic heterocycles. The van der Waals surface area contributed by atoms with Crippen LogP contribution in [0.3, 0.4) is 0 Å². The summed E-state index contributed by atoms with van der Waals surface area (Å²) < 4.78 is 5.37. The predicted octanol–water partition coefficient (Wildman–Crippen LogP) is 5.66. The van der Waals surface area contributed by atoms with E-state index >= 15 is 0 Å². The average Bonchev–Trinajstić information content (AvgIpc) is 2.68. The van der Waals surface area contributed by atoms with Crippen LogP contribution in [0, 0.1) is 0 Å². The fourth-order valence-corrected chi connectivity index (χ4v) is 3.28. The monoisotopic (exact) mass is 399 g/mol. The molecular weight excluding hydrogens is 381 g/mol. The Kier molecular flexibility index (Phi) is 6.51. The molecule has 0 aliphatic rings. The van der Waals surface area contributed by atoms with Crippen molar-refractivity contribution in [3.8, 4) is 16.9 Å². The van der Waals surface area contributed by atoms with Crippen LogP contribution in [-0.2, 0) is 17.8 Å². The molecule has 0 aliphatic heterocycles. The van der Waals surface area contributed by atoms with Gasteiger partial charge in [-0.1, -0.05) is 65.7 Å². The van der Waals surface area contributed by atoms with Gasteiger partial charge in [0, 0.05) is 17.1 Å². The summed E-state index contributed by atoms with van der Waals surface area (Å²) in [6.45, 7) is 0.454. The minimum absolute atomic E-state index is 0.233. The molecule has 0 bridgehead atoms. The number of benzene rings is 3. The third-order valence-electron chi connectivity index (χ3n) is 4.20. The van der Waals surface area contributed by atoms with Gasteiger partial charge in [-0.2, -0.15) is 0 Å². The van der Waals surface area contributed by atoms with E-state index in [1.54, 1.807) is 12.1 Å². The molecule has 0 saturated heterocycles. The third-order valence-corrected chi connectivity index (χ3v) is 4.88. The molecule has 3 aromatic rings. The summed E-state index contributed by atoms with van der Waals surface area (Å²) in [5.74, 6) is 0.204. The van der Waals surface area contributed by atoms with Crippen molar-refractivity contribution in [2.45, 2.75) is 19.4 Å². The van der Waals surface area contributed by atoms with Crippen LogP contribution in [0.2, 0.25) is 10.0 Å². The summed E-state index contributed by atoms with van der Waals surface area (Å²) in [5.41, 5.74) is 9.27. The molecule has 138 valence electrons. The number of rotatable bonds is 6. The summed E-state index contributed by atoms with van der Waals surface area (Å²) in [6, 6.07) is 20.5. The van der Waals surface area contributed by atoms with Crippen LogP contribution < -0.4 is 10.5 Å². The highest BCUT2D eigenvalue weighted by Gasteiger charge is 2.11. The maximum Gasteiger partial charge on any atom is 0.311 e. The second-order valence-electron chi connectivity index (χ2n) is 6.11. The normalized spacial score (nSPS) is 10.6. The maximum atomic E-state index is 12.1. The van der Waals surface area contributed by atoms with Crippen molar-refractivity contribution in [3.05, 3.63) is 87.9 Å². The second-order valence-corrected chi connectivity index (χ2v) is 6.93. The largest absolute Gasteiger partial charge is 0.427 e. The van der Waals surface area contributed by atoms with Gasteiger partial charge < -0.3 is 10.5 Å². The van der Waals surface area contributed by atoms with Gasteiger partial charge in [-0.3, -0.25) is 4.79 Å². The lowest BCUT2D eigenvalue weighted by atomic mass is 10.0. The lowest BCUT2D eigenvalue weighted by Crippen LogP contribution is -2.09. The van der Waals surface area contributed by atoms with E-state index in [4.69, 9.17) is 33.7 Å². The van der Waals surface area contributed by atoms with E-state index in [1.165, 1.54) is 0 Å². The number of esters is 1. The molecule has 3 nitrogen and oxygen atoms in total. The molecule has 0 radical (unpaired) electrons. The van der Waals surface area contributed by atoms with Gasteiger partial charge >= 0.3 is 5.97 Å². The van der Waals surface area contributed by atoms with Crippen LogP contribution in [0.4, 0.5) is 0 Å². The second kappa shape index (κ2) is 9.05. The van der Waals surface area contributed by atoms with Crippen LogP contribution in [-0.4, -0.2) is 5.97 Å². The minimum atomic E-state index is -0.306. The number of carbonyl (C=O) groups excluding carboxylic acids is 1. The lowest BCUT2D eigenvalue weighted by molar-refractivity contribution is -0.134. The Morgan fingerprint density at radius 1 is 0.963 bits per heavy atom. The minimum Gasteiger partial charge on any atom is -0.427 e. The first-order valence-electron chi connectivity index (χ1n) is 8.60. The van der Waals surface area contributed by atoms with E-state index in [9.17, 15) is 4.79 Å². The Morgan fingerprint density at radius 2 is 1.70 bits per heavy atom. The van der Waals surface area contributed by atoms with E-state index in [0.717, 1.165) is 22.3 Å². The number of halogens is 2. The first-order chi connectivity index (χ1) is 13.1. The van der Waals surface area contributed by atoms with Crippen molar-refractivity contribution in [3.63, 3.8) is 0 Å². The van der Waals surface area contributed by atoms with E-state index in [-0.39, 0.29) is 12.4 Å². The van der Waals surface area contributed by atoms with Crippen molar-refractivity contribution >= 4 is 29.2 Å². The Bertz CT molecular complexity index is 939. The lowest BCUT2D eigenvalue weighted by Gasteiger charge is -2.10. The Morgan fingerprint density at radius 3 is 2.41 bits per heavy atom. The van der Waals surface area contributed by atoms with Crippen molar-refractivity contribution in [1.82, 2.24) is 0 Å². The first kappa shape index (κ1) is 19.4. The van der Waals surface area contributed by atoms with Crippen molar-refractivity contribution in [2.24, 2.45) is 5.73 Å². The zero-order valence-electron chi connectivity index (χ0n) is 14.6. The van der Waals surface area contributed by atoms with E-state index in [2.05, 4.69) is 0 Å². The van der Waals surface area contributed by atoms with Crippen molar-refractivity contribution in [2.75, 3.05) is 0 Å². The van der Waals surface area contributed by atoms with Crippen LogP contribution in [0.25, 0.3) is 11.1 Å². The van der Waals surface area contributed by atoms with Crippen LogP contribution in [0.15, 0.2) is 66.7 Å². The number of aryl methyl sites for hydroxylation is 1. The quantitative estimate of drug-likeness (QED) is 0.429. The summed E-state index contributed by atoms with van der Waals surface area (Å²) in [5, 5.41) is 1.28. The van der Waals surface area contributed by atoms with Crippen LogP contribution in [0.5, 0.6) is 5.75 Å². The zero-order valence-corrected chi connectivity index (χ0v) is 16.1. The van der Waals surface area contributed by atoms with Gasteiger partial charge in [-0.15, -0.1) is 0 Å². The number of hydrogen-bond donors (Lipinski definition) is 1. The van der Waals surface area contributed by atoms with Gasteiger partial charge in [0.25, 0.3) is 0 Å². The van der Waals surface area contributed by atoms with E-state index < -0.39 is 0 Å². The standard InChI is InChI=1S/C22H19Cl2NO2/c23-18-5-1-4-17(13-18)20-6-2-3-16(22(20)24)9-12-21(26)27-19-10-7-15(14-25)8-11-19/h1-8,10-11,13H,9,12,14,25H2. The molecule has 5 heteroatoms. The predicted molar refractivity (Wildman–Crippen MR) is 110 cm³/mol. The molecule has 0 atom stereocenters. The molecule has 0 aliphatic carbocycles. The molecule has 0 saturated carbocycles. The molecule has 0 amide bonds. The van der Waals surface area contributed by atoms with Crippen molar-refractivity contribution < 1.29 is 9.53 Å². The number of hydrogen-bond acceptors (Lipinski definition) is 3. The molecule has 3 rings (SSSR count).